The Morgan fingerprint density at radius 3 is 2.50 bits per heavy atom. The average molecular weight is 293 g/mol. The molecular formula is C15H17ClN2O2. The molecule has 5 heteroatoms. The van der Waals surface area contributed by atoms with Gasteiger partial charge in [0.15, 0.2) is 6.61 Å². The highest BCUT2D eigenvalue weighted by molar-refractivity contribution is 6.30. The van der Waals surface area contributed by atoms with Crippen LogP contribution in [0.3, 0.4) is 0 Å². The molecule has 0 atom stereocenters. The summed E-state index contributed by atoms with van der Waals surface area (Å²) >= 11 is 5.79. The van der Waals surface area contributed by atoms with Crippen molar-refractivity contribution in [2.45, 2.75) is 27.2 Å². The van der Waals surface area contributed by atoms with E-state index in [0.29, 0.717) is 10.8 Å². The molecule has 0 amide bonds. The van der Waals surface area contributed by atoms with Gasteiger partial charge in [0.05, 0.1) is 5.69 Å². The lowest BCUT2D eigenvalue weighted by Crippen LogP contribution is -2.21. The van der Waals surface area contributed by atoms with Crippen molar-refractivity contribution in [3.63, 3.8) is 0 Å². The van der Waals surface area contributed by atoms with E-state index in [4.69, 9.17) is 16.3 Å². The minimum absolute atomic E-state index is 0.0489. The van der Waals surface area contributed by atoms with Crippen molar-refractivity contribution in [1.82, 2.24) is 9.78 Å². The molecule has 0 radical (unpaired) electrons. The number of nitrogens with zero attached hydrogens (tertiary/aromatic N) is 2. The first kappa shape index (κ1) is 14.6. The zero-order valence-electron chi connectivity index (χ0n) is 11.8. The molecule has 2 aromatic rings. The van der Waals surface area contributed by atoms with E-state index in [1.165, 1.54) is 4.68 Å². The fraction of sp³-hybridized carbons (Fsp3) is 0.333. The van der Waals surface area contributed by atoms with Gasteiger partial charge in [-0.1, -0.05) is 18.5 Å². The molecule has 1 heterocycles. The van der Waals surface area contributed by atoms with Gasteiger partial charge in [0.1, 0.15) is 5.75 Å². The molecule has 4 nitrogen and oxygen atoms in total. The molecule has 0 saturated carbocycles. The molecule has 0 unspecified atom stereocenters. The van der Waals surface area contributed by atoms with Crippen LogP contribution in [0.1, 0.15) is 28.7 Å². The lowest BCUT2D eigenvalue weighted by atomic mass is 10.1. The van der Waals surface area contributed by atoms with Gasteiger partial charge in [-0.25, -0.2) is 4.68 Å². The van der Waals surface area contributed by atoms with Crippen molar-refractivity contribution >= 4 is 17.5 Å². The molecule has 1 aromatic carbocycles. The Morgan fingerprint density at radius 1 is 1.30 bits per heavy atom. The highest BCUT2D eigenvalue weighted by Crippen LogP contribution is 2.16. The first-order chi connectivity index (χ1) is 9.52. The second kappa shape index (κ2) is 6.09. The molecule has 0 spiro atoms. The number of hydrogen-bond donors (Lipinski definition) is 0. The third kappa shape index (κ3) is 3.02. The van der Waals surface area contributed by atoms with Crippen molar-refractivity contribution in [2.24, 2.45) is 0 Å². The zero-order chi connectivity index (χ0) is 14.7. The Morgan fingerprint density at radius 2 is 1.95 bits per heavy atom. The second-order valence-corrected chi connectivity index (χ2v) is 4.99. The van der Waals surface area contributed by atoms with Crippen LogP contribution in [0.25, 0.3) is 0 Å². The number of aryl methyl sites for hydroxylation is 1. The minimum Gasteiger partial charge on any atom is -0.484 e. The molecule has 0 fully saturated rings. The summed E-state index contributed by atoms with van der Waals surface area (Å²) in [4.78, 5) is 12.1. The molecule has 0 bridgehead atoms. The monoisotopic (exact) mass is 292 g/mol. The lowest BCUT2D eigenvalue weighted by Gasteiger charge is -2.07. The van der Waals surface area contributed by atoms with Crippen molar-refractivity contribution in [1.29, 1.82) is 0 Å². The Kier molecular flexibility index (Phi) is 4.45. The van der Waals surface area contributed by atoms with Crippen LogP contribution in [-0.4, -0.2) is 22.3 Å². The van der Waals surface area contributed by atoms with Gasteiger partial charge in [-0.2, -0.15) is 5.10 Å². The number of halogens is 1. The van der Waals surface area contributed by atoms with Crippen LogP contribution in [0, 0.1) is 13.8 Å². The highest BCUT2D eigenvalue weighted by Gasteiger charge is 2.15. The van der Waals surface area contributed by atoms with E-state index >= 15 is 0 Å². The molecule has 1 aromatic heterocycles. The van der Waals surface area contributed by atoms with E-state index in [2.05, 4.69) is 12.0 Å². The summed E-state index contributed by atoms with van der Waals surface area (Å²) in [5, 5.41) is 4.91. The molecule has 0 aliphatic carbocycles. The van der Waals surface area contributed by atoms with Gasteiger partial charge in [-0.15, -0.1) is 0 Å². The Bertz CT molecular complexity index is 618. The molecular weight excluding hydrogens is 276 g/mol. The van der Waals surface area contributed by atoms with E-state index in [1.807, 2.05) is 13.8 Å². The van der Waals surface area contributed by atoms with E-state index < -0.39 is 0 Å². The molecule has 0 N–H and O–H groups in total. The summed E-state index contributed by atoms with van der Waals surface area (Å²) in [5.41, 5.74) is 2.89. The number of aromatic nitrogens is 2. The van der Waals surface area contributed by atoms with Gasteiger partial charge in [-0.05, 0) is 50.1 Å². The van der Waals surface area contributed by atoms with E-state index in [9.17, 15) is 4.79 Å². The molecule has 20 heavy (non-hydrogen) atoms. The largest absolute Gasteiger partial charge is 0.484 e. The molecule has 0 saturated heterocycles. The van der Waals surface area contributed by atoms with Gasteiger partial charge >= 0.3 is 0 Å². The SMILES string of the molecule is CCc1c(C)nn(C(=O)COc2ccc(Cl)cc2)c1C. The minimum atomic E-state index is -0.180. The zero-order valence-corrected chi connectivity index (χ0v) is 12.6. The summed E-state index contributed by atoms with van der Waals surface area (Å²) in [6, 6.07) is 6.91. The smallest absolute Gasteiger partial charge is 0.284 e. The predicted octanol–water partition coefficient (Wildman–Crippen LogP) is 3.43. The quantitative estimate of drug-likeness (QED) is 0.867. The van der Waals surface area contributed by atoms with Crippen LogP contribution in [0.15, 0.2) is 24.3 Å². The number of ether oxygens (including phenoxy) is 1. The van der Waals surface area contributed by atoms with E-state index in [1.54, 1.807) is 24.3 Å². The third-order valence-corrected chi connectivity index (χ3v) is 3.46. The normalized spacial score (nSPS) is 10.6. The summed E-state index contributed by atoms with van der Waals surface area (Å²) < 4.78 is 6.87. The van der Waals surface area contributed by atoms with Crippen LogP contribution in [0.4, 0.5) is 0 Å². The van der Waals surface area contributed by atoms with Gasteiger partial charge in [-0.3, -0.25) is 4.79 Å². The fourth-order valence-corrected chi connectivity index (χ4v) is 2.29. The molecule has 0 aliphatic heterocycles. The molecule has 2 rings (SSSR count). The van der Waals surface area contributed by atoms with Crippen LogP contribution >= 0.6 is 11.6 Å². The number of hydrogen-bond acceptors (Lipinski definition) is 3. The van der Waals surface area contributed by atoms with Crippen LogP contribution in [-0.2, 0) is 6.42 Å². The summed E-state index contributed by atoms with van der Waals surface area (Å²) in [6.07, 6.45) is 0.864. The van der Waals surface area contributed by atoms with Crippen molar-refractivity contribution in [3.8, 4) is 5.75 Å². The number of rotatable bonds is 4. The van der Waals surface area contributed by atoms with Gasteiger partial charge < -0.3 is 4.74 Å². The summed E-state index contributed by atoms with van der Waals surface area (Å²) in [7, 11) is 0. The lowest BCUT2D eigenvalue weighted by molar-refractivity contribution is 0.0818. The maximum absolute atomic E-state index is 12.1. The van der Waals surface area contributed by atoms with E-state index in [-0.39, 0.29) is 12.5 Å². The van der Waals surface area contributed by atoms with Crippen molar-refractivity contribution in [3.05, 3.63) is 46.2 Å². The average Bonchev–Trinajstić information content (AvgIpc) is 2.72. The second-order valence-electron chi connectivity index (χ2n) is 4.55. The van der Waals surface area contributed by atoms with E-state index in [0.717, 1.165) is 23.4 Å². The van der Waals surface area contributed by atoms with Crippen molar-refractivity contribution in [2.75, 3.05) is 6.61 Å². The summed E-state index contributed by atoms with van der Waals surface area (Å²) in [5.74, 6) is 0.431. The van der Waals surface area contributed by atoms with Gasteiger partial charge in [0.2, 0.25) is 0 Å². The van der Waals surface area contributed by atoms with Crippen LogP contribution in [0.5, 0.6) is 5.75 Å². The Labute approximate surface area is 123 Å². The van der Waals surface area contributed by atoms with Gasteiger partial charge in [0, 0.05) is 10.7 Å². The first-order valence-corrected chi connectivity index (χ1v) is 6.87. The Balaban J connectivity index is 2.07. The first-order valence-electron chi connectivity index (χ1n) is 6.49. The van der Waals surface area contributed by atoms with Crippen LogP contribution in [0.2, 0.25) is 5.02 Å². The fourth-order valence-electron chi connectivity index (χ4n) is 2.17. The standard InChI is InChI=1S/C15H17ClN2O2/c1-4-14-10(2)17-18(11(14)3)15(19)9-20-13-7-5-12(16)6-8-13/h5-8H,4,9H2,1-3H3. The van der Waals surface area contributed by atoms with Crippen LogP contribution < -0.4 is 4.74 Å². The topological polar surface area (TPSA) is 44.1 Å². The van der Waals surface area contributed by atoms with Crippen molar-refractivity contribution < 1.29 is 9.53 Å². The number of benzene rings is 1. The third-order valence-electron chi connectivity index (χ3n) is 3.21. The summed E-state index contributed by atoms with van der Waals surface area (Å²) in [6.45, 7) is 5.82. The predicted molar refractivity (Wildman–Crippen MR) is 78.7 cm³/mol. The highest BCUT2D eigenvalue weighted by atomic mass is 35.5. The molecule has 106 valence electrons. The number of carbonyl (C=O) groups is 1. The maximum Gasteiger partial charge on any atom is 0.284 e. The maximum atomic E-state index is 12.1. The molecule has 0 aliphatic rings. The van der Waals surface area contributed by atoms with Gasteiger partial charge in [0.25, 0.3) is 5.91 Å². The Hall–Kier alpha value is -1.81. The number of carbonyl (C=O) groups excluding carboxylic acids is 1.